The van der Waals surface area contributed by atoms with Crippen LogP contribution in [0.2, 0.25) is 0 Å². The van der Waals surface area contributed by atoms with Gasteiger partial charge in [0.15, 0.2) is 0 Å². The van der Waals surface area contributed by atoms with Gasteiger partial charge in [-0.1, -0.05) is 12.8 Å². The van der Waals surface area contributed by atoms with Gasteiger partial charge in [0.1, 0.15) is 0 Å². The Kier molecular flexibility index (Phi) is 3.16. The zero-order valence-corrected chi connectivity index (χ0v) is 11.5. The monoisotopic (exact) mass is 288 g/mol. The van der Waals surface area contributed by atoms with E-state index in [-0.39, 0.29) is 23.8 Å². The Balaban J connectivity index is 1.91. The van der Waals surface area contributed by atoms with Crippen LogP contribution in [0.3, 0.4) is 0 Å². The fourth-order valence-electron chi connectivity index (χ4n) is 3.21. The van der Waals surface area contributed by atoms with E-state index in [2.05, 4.69) is 5.43 Å². The first-order valence-corrected chi connectivity index (χ1v) is 6.99. The third-order valence-electron chi connectivity index (χ3n) is 4.33. The summed E-state index contributed by atoms with van der Waals surface area (Å²) in [6, 6.07) is 5.92. The zero-order chi connectivity index (χ0) is 15.0. The Morgan fingerprint density at radius 2 is 1.76 bits per heavy atom. The highest BCUT2D eigenvalue weighted by molar-refractivity contribution is 6.05. The molecule has 1 spiro atoms. The van der Waals surface area contributed by atoms with Crippen LogP contribution in [0.15, 0.2) is 24.3 Å². The average Bonchev–Trinajstić information content (AvgIpc) is 2.92. The van der Waals surface area contributed by atoms with Crippen LogP contribution in [0.1, 0.15) is 42.5 Å². The molecule has 2 fully saturated rings. The van der Waals surface area contributed by atoms with Crippen molar-refractivity contribution in [1.82, 2.24) is 5.43 Å². The summed E-state index contributed by atoms with van der Waals surface area (Å²) in [4.78, 5) is 35.5. The summed E-state index contributed by atoms with van der Waals surface area (Å²) in [6.07, 6.45) is 3.65. The Labute approximate surface area is 121 Å². The maximum Gasteiger partial charge on any atom is 0.335 e. The number of hydrogen-bond donors (Lipinski definition) is 2. The van der Waals surface area contributed by atoms with Gasteiger partial charge in [-0.2, -0.15) is 0 Å². The summed E-state index contributed by atoms with van der Waals surface area (Å²) < 4.78 is 0. The van der Waals surface area contributed by atoms with Crippen molar-refractivity contribution in [1.29, 1.82) is 0 Å². The van der Waals surface area contributed by atoms with Crippen molar-refractivity contribution in [3.05, 3.63) is 29.8 Å². The molecule has 1 aromatic carbocycles. The molecule has 2 amide bonds. The molecular formula is C15H16N2O4. The predicted octanol–water partition coefficient (Wildman–Crippen LogP) is 1.71. The number of carbonyl (C=O) groups is 3. The number of nitrogens with zero attached hydrogens (tertiary/aromatic N) is 1. The topological polar surface area (TPSA) is 86.7 Å². The van der Waals surface area contributed by atoms with Gasteiger partial charge in [-0.3, -0.25) is 15.0 Å². The minimum absolute atomic E-state index is 0.0947. The number of carboxylic acids is 1. The summed E-state index contributed by atoms with van der Waals surface area (Å²) in [7, 11) is 0. The number of benzene rings is 1. The number of carboxylic acid groups (broad SMARTS) is 1. The molecule has 21 heavy (non-hydrogen) atoms. The van der Waals surface area contributed by atoms with Crippen LogP contribution in [0.4, 0.5) is 5.69 Å². The first-order chi connectivity index (χ1) is 10.0. The molecule has 2 aliphatic rings. The van der Waals surface area contributed by atoms with E-state index in [9.17, 15) is 14.4 Å². The van der Waals surface area contributed by atoms with E-state index in [4.69, 9.17) is 5.11 Å². The lowest BCUT2D eigenvalue weighted by Crippen LogP contribution is -2.58. The first-order valence-electron chi connectivity index (χ1n) is 6.99. The molecule has 1 heterocycles. The first kappa shape index (κ1) is 13.6. The highest BCUT2D eigenvalue weighted by Gasteiger charge is 2.49. The summed E-state index contributed by atoms with van der Waals surface area (Å²) in [6.45, 7) is 0. The minimum Gasteiger partial charge on any atom is -0.478 e. The van der Waals surface area contributed by atoms with Crippen molar-refractivity contribution < 1.29 is 19.5 Å². The second-order valence-electron chi connectivity index (χ2n) is 5.69. The standard InChI is InChI=1S/C15H16N2O4/c18-12-9-15(7-1-2-8-15)14(21)17(16-12)11-5-3-10(4-6-11)13(19)20/h3-6H,1-2,7-9H2,(H,16,18)(H,19,20). The van der Waals surface area contributed by atoms with Gasteiger partial charge >= 0.3 is 5.97 Å². The minimum atomic E-state index is -1.03. The molecule has 1 aliphatic heterocycles. The number of aromatic carboxylic acids is 1. The molecule has 1 aliphatic carbocycles. The number of anilines is 1. The summed E-state index contributed by atoms with van der Waals surface area (Å²) in [5.41, 5.74) is 2.64. The van der Waals surface area contributed by atoms with E-state index in [0.717, 1.165) is 25.7 Å². The van der Waals surface area contributed by atoms with Gasteiger partial charge in [0.25, 0.3) is 5.91 Å². The van der Waals surface area contributed by atoms with Crippen LogP contribution in [-0.2, 0) is 9.59 Å². The third-order valence-corrected chi connectivity index (χ3v) is 4.33. The molecule has 1 saturated carbocycles. The largest absolute Gasteiger partial charge is 0.478 e. The molecule has 0 bridgehead atoms. The molecule has 0 aromatic heterocycles. The van der Waals surface area contributed by atoms with Crippen molar-refractivity contribution in [2.24, 2.45) is 5.41 Å². The number of nitrogens with one attached hydrogen (secondary N) is 1. The highest BCUT2D eigenvalue weighted by Crippen LogP contribution is 2.44. The Morgan fingerprint density at radius 1 is 1.14 bits per heavy atom. The quantitative estimate of drug-likeness (QED) is 0.867. The second kappa shape index (κ2) is 4.87. The van der Waals surface area contributed by atoms with Crippen molar-refractivity contribution >= 4 is 23.5 Å². The Bertz CT molecular complexity index is 603. The van der Waals surface area contributed by atoms with Gasteiger partial charge < -0.3 is 5.11 Å². The third kappa shape index (κ3) is 2.26. The molecule has 3 rings (SSSR count). The van der Waals surface area contributed by atoms with E-state index in [1.54, 1.807) is 0 Å². The van der Waals surface area contributed by atoms with E-state index in [1.165, 1.54) is 29.3 Å². The maximum atomic E-state index is 12.7. The van der Waals surface area contributed by atoms with E-state index in [0.29, 0.717) is 5.69 Å². The van der Waals surface area contributed by atoms with Crippen LogP contribution in [-0.4, -0.2) is 22.9 Å². The lowest BCUT2D eigenvalue weighted by Gasteiger charge is -2.38. The fourth-order valence-corrected chi connectivity index (χ4v) is 3.21. The van der Waals surface area contributed by atoms with Crippen LogP contribution in [0, 0.1) is 5.41 Å². The zero-order valence-electron chi connectivity index (χ0n) is 11.5. The van der Waals surface area contributed by atoms with Crippen molar-refractivity contribution in [3.8, 4) is 0 Å². The van der Waals surface area contributed by atoms with Gasteiger partial charge in [0, 0.05) is 6.42 Å². The van der Waals surface area contributed by atoms with Crippen LogP contribution >= 0.6 is 0 Å². The van der Waals surface area contributed by atoms with Crippen molar-refractivity contribution in [3.63, 3.8) is 0 Å². The van der Waals surface area contributed by atoms with Gasteiger partial charge in [-0.25, -0.2) is 9.80 Å². The van der Waals surface area contributed by atoms with E-state index >= 15 is 0 Å². The van der Waals surface area contributed by atoms with Crippen LogP contribution in [0.5, 0.6) is 0 Å². The van der Waals surface area contributed by atoms with Crippen LogP contribution in [0.25, 0.3) is 0 Å². The molecular weight excluding hydrogens is 272 g/mol. The maximum absolute atomic E-state index is 12.7. The number of hydrazine groups is 1. The molecule has 0 atom stereocenters. The molecule has 110 valence electrons. The summed E-state index contributed by atoms with van der Waals surface area (Å²) >= 11 is 0. The van der Waals surface area contributed by atoms with Gasteiger partial charge in [-0.15, -0.1) is 0 Å². The number of hydrogen-bond acceptors (Lipinski definition) is 3. The van der Waals surface area contributed by atoms with E-state index < -0.39 is 11.4 Å². The molecule has 6 nitrogen and oxygen atoms in total. The molecule has 1 saturated heterocycles. The second-order valence-corrected chi connectivity index (χ2v) is 5.69. The lowest BCUT2D eigenvalue weighted by molar-refractivity contribution is -0.140. The summed E-state index contributed by atoms with van der Waals surface area (Å²) in [5, 5.41) is 10.2. The van der Waals surface area contributed by atoms with Gasteiger partial charge in [-0.05, 0) is 37.1 Å². The average molecular weight is 288 g/mol. The molecule has 0 radical (unpaired) electrons. The van der Waals surface area contributed by atoms with Crippen molar-refractivity contribution in [2.45, 2.75) is 32.1 Å². The van der Waals surface area contributed by atoms with Gasteiger partial charge in [0.2, 0.25) is 5.91 Å². The SMILES string of the molecule is O=C1CC2(CCCC2)C(=O)N(c2ccc(C(=O)O)cc2)N1. The van der Waals surface area contributed by atoms with Crippen LogP contribution < -0.4 is 10.4 Å². The number of carbonyl (C=O) groups excluding carboxylic acids is 2. The fraction of sp³-hybridized carbons (Fsp3) is 0.400. The van der Waals surface area contributed by atoms with Gasteiger partial charge in [0.05, 0.1) is 16.7 Å². The number of rotatable bonds is 2. The van der Waals surface area contributed by atoms with Crippen molar-refractivity contribution in [2.75, 3.05) is 5.01 Å². The smallest absolute Gasteiger partial charge is 0.335 e. The Morgan fingerprint density at radius 3 is 2.33 bits per heavy atom. The molecule has 0 unspecified atom stereocenters. The lowest BCUT2D eigenvalue weighted by atomic mass is 9.80. The molecule has 6 heteroatoms. The Hall–Kier alpha value is -2.37. The summed E-state index contributed by atoms with van der Waals surface area (Å²) in [5.74, 6) is -1.29. The highest BCUT2D eigenvalue weighted by atomic mass is 16.4. The normalized spacial score (nSPS) is 20.7. The number of amides is 2. The molecule has 2 N–H and O–H groups in total. The molecule has 1 aromatic rings. The predicted molar refractivity (Wildman–Crippen MR) is 74.5 cm³/mol. The van der Waals surface area contributed by atoms with E-state index in [1.807, 2.05) is 0 Å².